The molecule has 1 rings (SSSR count). The van der Waals surface area contributed by atoms with E-state index >= 15 is 0 Å². The molecule has 0 radical (unpaired) electrons. The van der Waals surface area contributed by atoms with Crippen molar-refractivity contribution in [1.29, 1.82) is 0 Å². The lowest BCUT2D eigenvalue weighted by molar-refractivity contribution is 0.0952. The summed E-state index contributed by atoms with van der Waals surface area (Å²) in [7, 11) is 0. The van der Waals surface area contributed by atoms with Gasteiger partial charge in [0.15, 0.2) is 0 Å². The number of carbonyl (C=O) groups is 1. The van der Waals surface area contributed by atoms with Crippen LogP contribution in [0.4, 0.5) is 0 Å². The molecule has 0 saturated heterocycles. The summed E-state index contributed by atoms with van der Waals surface area (Å²) < 4.78 is 5.45. The summed E-state index contributed by atoms with van der Waals surface area (Å²) in [4.78, 5) is 11.3. The summed E-state index contributed by atoms with van der Waals surface area (Å²) in [6.07, 6.45) is 1.14. The summed E-state index contributed by atoms with van der Waals surface area (Å²) in [6.45, 7) is 3.90. The van der Waals surface area contributed by atoms with E-state index in [1.165, 1.54) is 0 Å². The van der Waals surface area contributed by atoms with Gasteiger partial charge in [-0.1, -0.05) is 6.92 Å². The van der Waals surface area contributed by atoms with E-state index in [0.29, 0.717) is 11.3 Å². The maximum absolute atomic E-state index is 11.3. The molecule has 0 bridgehead atoms. The van der Waals surface area contributed by atoms with Crippen LogP contribution in [0.3, 0.4) is 0 Å². The molecule has 1 amide bonds. The first-order valence-electron chi connectivity index (χ1n) is 4.87. The SMILES string of the molecule is CCCSCc1cc(C(=O)NN)c(C)o1. The first kappa shape index (κ1) is 12.1. The van der Waals surface area contributed by atoms with E-state index in [1.807, 2.05) is 0 Å². The lowest BCUT2D eigenvalue weighted by Crippen LogP contribution is -2.30. The van der Waals surface area contributed by atoms with Crippen LogP contribution >= 0.6 is 11.8 Å². The second-order valence-electron chi connectivity index (χ2n) is 3.21. The number of aryl methyl sites for hydroxylation is 1. The fraction of sp³-hybridized carbons (Fsp3) is 0.500. The molecule has 0 atom stereocenters. The van der Waals surface area contributed by atoms with Gasteiger partial charge < -0.3 is 4.42 Å². The Balaban J connectivity index is 2.64. The third kappa shape index (κ3) is 3.28. The van der Waals surface area contributed by atoms with Crippen molar-refractivity contribution in [3.8, 4) is 0 Å². The molecule has 5 heteroatoms. The van der Waals surface area contributed by atoms with Crippen molar-refractivity contribution in [2.45, 2.75) is 26.0 Å². The first-order valence-corrected chi connectivity index (χ1v) is 6.02. The fourth-order valence-corrected chi connectivity index (χ4v) is 2.01. The minimum atomic E-state index is -0.303. The highest BCUT2D eigenvalue weighted by atomic mass is 32.2. The van der Waals surface area contributed by atoms with E-state index in [4.69, 9.17) is 10.3 Å². The number of hydrogen-bond donors (Lipinski definition) is 2. The summed E-state index contributed by atoms with van der Waals surface area (Å²) in [5.41, 5.74) is 2.62. The zero-order valence-corrected chi connectivity index (χ0v) is 9.82. The summed E-state index contributed by atoms with van der Waals surface area (Å²) in [5.74, 6) is 8.09. The predicted octanol–water partition coefficient (Wildman–Crippen LogP) is 1.83. The normalized spacial score (nSPS) is 10.3. The monoisotopic (exact) mass is 228 g/mol. The van der Waals surface area contributed by atoms with Gasteiger partial charge in [0.1, 0.15) is 11.5 Å². The van der Waals surface area contributed by atoms with Crippen molar-refractivity contribution in [2.75, 3.05) is 5.75 Å². The molecule has 0 spiro atoms. The number of nitrogens with two attached hydrogens (primary N) is 1. The molecule has 0 unspecified atom stereocenters. The Hall–Kier alpha value is -0.940. The van der Waals surface area contributed by atoms with E-state index in [1.54, 1.807) is 24.8 Å². The third-order valence-electron chi connectivity index (χ3n) is 1.94. The minimum Gasteiger partial charge on any atom is -0.465 e. The Morgan fingerprint density at radius 2 is 2.40 bits per heavy atom. The van der Waals surface area contributed by atoms with Crippen LogP contribution in [-0.2, 0) is 5.75 Å². The van der Waals surface area contributed by atoms with Gasteiger partial charge in [0.2, 0.25) is 0 Å². The molecule has 0 aliphatic carbocycles. The van der Waals surface area contributed by atoms with Crippen LogP contribution in [0.5, 0.6) is 0 Å². The number of hydrogen-bond acceptors (Lipinski definition) is 4. The molecule has 4 nitrogen and oxygen atoms in total. The molecule has 0 aliphatic heterocycles. The Morgan fingerprint density at radius 1 is 1.67 bits per heavy atom. The van der Waals surface area contributed by atoms with Crippen molar-refractivity contribution in [1.82, 2.24) is 5.43 Å². The van der Waals surface area contributed by atoms with Crippen molar-refractivity contribution in [3.63, 3.8) is 0 Å². The van der Waals surface area contributed by atoms with Crippen LogP contribution in [0.15, 0.2) is 10.5 Å². The summed E-state index contributed by atoms with van der Waals surface area (Å²) >= 11 is 1.79. The van der Waals surface area contributed by atoms with Crippen molar-refractivity contribution < 1.29 is 9.21 Å². The maximum Gasteiger partial charge on any atom is 0.268 e. The average Bonchev–Trinajstić information content (AvgIpc) is 2.59. The van der Waals surface area contributed by atoms with E-state index < -0.39 is 0 Å². The van der Waals surface area contributed by atoms with Gasteiger partial charge in [0, 0.05) is 0 Å². The highest BCUT2D eigenvalue weighted by Gasteiger charge is 2.13. The average molecular weight is 228 g/mol. The molecular formula is C10H16N2O2S. The van der Waals surface area contributed by atoms with E-state index in [-0.39, 0.29) is 5.91 Å². The van der Waals surface area contributed by atoms with Crippen LogP contribution < -0.4 is 11.3 Å². The molecule has 0 aromatic carbocycles. The number of carbonyl (C=O) groups excluding carboxylic acids is 1. The molecule has 0 fully saturated rings. The Labute approximate surface area is 93.6 Å². The van der Waals surface area contributed by atoms with Gasteiger partial charge in [0.05, 0.1) is 11.3 Å². The van der Waals surface area contributed by atoms with Crippen LogP contribution in [0.2, 0.25) is 0 Å². The van der Waals surface area contributed by atoms with Gasteiger partial charge in [-0.3, -0.25) is 10.2 Å². The zero-order chi connectivity index (χ0) is 11.3. The van der Waals surface area contributed by atoms with Crippen LogP contribution in [0.1, 0.15) is 35.2 Å². The first-order chi connectivity index (χ1) is 7.19. The minimum absolute atomic E-state index is 0.303. The van der Waals surface area contributed by atoms with E-state index in [9.17, 15) is 4.79 Å². The van der Waals surface area contributed by atoms with Gasteiger partial charge in [-0.2, -0.15) is 11.8 Å². The molecule has 0 saturated carbocycles. The van der Waals surface area contributed by atoms with Crippen LogP contribution in [0, 0.1) is 6.92 Å². The van der Waals surface area contributed by atoms with Gasteiger partial charge in [0.25, 0.3) is 5.91 Å². The topological polar surface area (TPSA) is 68.3 Å². The second kappa shape index (κ2) is 5.82. The van der Waals surface area contributed by atoms with Crippen molar-refractivity contribution in [2.24, 2.45) is 5.84 Å². The lowest BCUT2D eigenvalue weighted by atomic mass is 10.2. The van der Waals surface area contributed by atoms with Gasteiger partial charge >= 0.3 is 0 Å². The van der Waals surface area contributed by atoms with Crippen LogP contribution in [-0.4, -0.2) is 11.7 Å². The highest BCUT2D eigenvalue weighted by molar-refractivity contribution is 7.98. The van der Waals surface area contributed by atoms with Gasteiger partial charge in [-0.05, 0) is 25.2 Å². The number of amides is 1. The molecule has 3 N–H and O–H groups in total. The molecular weight excluding hydrogens is 212 g/mol. The highest BCUT2D eigenvalue weighted by Crippen LogP contribution is 2.19. The number of hydrazine groups is 1. The summed E-state index contributed by atoms with van der Waals surface area (Å²) in [6, 6.07) is 1.75. The third-order valence-corrected chi connectivity index (χ3v) is 3.12. The van der Waals surface area contributed by atoms with Gasteiger partial charge in [-0.25, -0.2) is 5.84 Å². The fourth-order valence-electron chi connectivity index (χ4n) is 1.24. The van der Waals surface area contributed by atoms with E-state index in [0.717, 1.165) is 23.7 Å². The predicted molar refractivity (Wildman–Crippen MR) is 61.6 cm³/mol. The van der Waals surface area contributed by atoms with Crippen molar-refractivity contribution in [3.05, 3.63) is 23.2 Å². The molecule has 1 heterocycles. The Bertz CT molecular complexity index is 336. The number of nitrogen functional groups attached to an aromatic ring is 1. The second-order valence-corrected chi connectivity index (χ2v) is 4.31. The van der Waals surface area contributed by atoms with Crippen LogP contribution in [0.25, 0.3) is 0 Å². The quantitative estimate of drug-likeness (QED) is 0.349. The molecule has 1 aromatic rings. The standard InChI is InChI=1S/C10H16N2O2S/c1-3-4-15-6-8-5-9(7(2)14-8)10(13)12-11/h5H,3-4,6,11H2,1-2H3,(H,12,13). The Morgan fingerprint density at radius 3 is 3.00 bits per heavy atom. The zero-order valence-electron chi connectivity index (χ0n) is 9.00. The molecule has 0 aliphatic rings. The number of thioether (sulfide) groups is 1. The number of rotatable bonds is 5. The molecule has 1 aromatic heterocycles. The lowest BCUT2D eigenvalue weighted by Gasteiger charge is -1.94. The summed E-state index contributed by atoms with van der Waals surface area (Å²) in [5, 5.41) is 0. The van der Waals surface area contributed by atoms with E-state index in [2.05, 4.69) is 12.3 Å². The number of furan rings is 1. The van der Waals surface area contributed by atoms with Crippen molar-refractivity contribution >= 4 is 17.7 Å². The Kier molecular flexibility index (Phi) is 4.71. The maximum atomic E-state index is 11.3. The van der Waals surface area contributed by atoms with Gasteiger partial charge in [-0.15, -0.1) is 0 Å². The largest absolute Gasteiger partial charge is 0.465 e. The number of nitrogens with one attached hydrogen (secondary N) is 1. The molecule has 15 heavy (non-hydrogen) atoms. The molecule has 84 valence electrons. The smallest absolute Gasteiger partial charge is 0.268 e.